The monoisotopic (exact) mass is 484 g/mol. The van der Waals surface area contributed by atoms with Crippen molar-refractivity contribution in [2.75, 3.05) is 32.7 Å². The molecule has 2 aliphatic heterocycles. The van der Waals surface area contributed by atoms with Crippen LogP contribution in [0, 0.1) is 5.41 Å². The SMILES string of the molecule is CCCN1C(=O)[C@H](CCCCNC(=O)Cc2ccccc2)NC(=O)C12CCN(CC(C)(C)C)CC2. The molecule has 1 aromatic rings. The molecule has 7 nitrogen and oxygen atoms in total. The molecule has 1 spiro atoms. The minimum atomic E-state index is -0.705. The molecule has 7 heteroatoms. The zero-order chi connectivity index (χ0) is 25.5. The minimum Gasteiger partial charge on any atom is -0.356 e. The molecular formula is C28H44N4O3. The van der Waals surface area contributed by atoms with Gasteiger partial charge in [0.25, 0.3) is 0 Å². The van der Waals surface area contributed by atoms with Gasteiger partial charge in [-0.15, -0.1) is 0 Å². The highest BCUT2D eigenvalue weighted by Gasteiger charge is 2.53. The van der Waals surface area contributed by atoms with Crippen molar-refractivity contribution in [1.82, 2.24) is 20.4 Å². The summed E-state index contributed by atoms with van der Waals surface area (Å²) in [5.74, 6) is 0.0815. The standard InChI is InChI=1S/C28H44N4O3/c1-5-17-32-25(34)23(13-9-10-16-29-24(33)20-22-11-7-6-8-12-22)30-26(35)28(32)14-18-31(19-15-28)21-27(2,3)4/h6-8,11-12,23H,5,9-10,13-21H2,1-4H3,(H,29,33)(H,30,35)/t23-/m0/s1. The van der Waals surface area contributed by atoms with Crippen molar-refractivity contribution < 1.29 is 14.4 Å². The van der Waals surface area contributed by atoms with Gasteiger partial charge in [0.15, 0.2) is 0 Å². The van der Waals surface area contributed by atoms with Crippen molar-refractivity contribution in [3.8, 4) is 0 Å². The average molecular weight is 485 g/mol. The van der Waals surface area contributed by atoms with Crippen molar-refractivity contribution >= 4 is 17.7 Å². The maximum atomic E-state index is 13.4. The molecule has 2 saturated heterocycles. The van der Waals surface area contributed by atoms with Crippen LogP contribution in [0.3, 0.4) is 0 Å². The summed E-state index contributed by atoms with van der Waals surface area (Å²) in [6.45, 7) is 12.6. The number of hydrogen-bond acceptors (Lipinski definition) is 4. The molecule has 0 radical (unpaired) electrons. The van der Waals surface area contributed by atoms with E-state index in [0.717, 1.165) is 44.5 Å². The highest BCUT2D eigenvalue weighted by atomic mass is 16.2. The van der Waals surface area contributed by atoms with Gasteiger partial charge in [0.2, 0.25) is 17.7 Å². The van der Waals surface area contributed by atoms with Gasteiger partial charge in [0.05, 0.1) is 6.42 Å². The van der Waals surface area contributed by atoms with E-state index < -0.39 is 11.6 Å². The van der Waals surface area contributed by atoms with E-state index >= 15 is 0 Å². The summed E-state index contributed by atoms with van der Waals surface area (Å²) >= 11 is 0. The van der Waals surface area contributed by atoms with Crippen LogP contribution in [0.25, 0.3) is 0 Å². The third-order valence-electron chi connectivity index (χ3n) is 7.09. The molecule has 0 aliphatic carbocycles. The first-order valence-electron chi connectivity index (χ1n) is 13.3. The number of nitrogens with zero attached hydrogens (tertiary/aromatic N) is 2. The highest BCUT2D eigenvalue weighted by molar-refractivity contribution is 6.00. The fraction of sp³-hybridized carbons (Fsp3) is 0.679. The Hall–Kier alpha value is -2.41. The Bertz CT molecular complexity index is 857. The van der Waals surface area contributed by atoms with Crippen LogP contribution in [0.4, 0.5) is 0 Å². The molecule has 194 valence electrons. The van der Waals surface area contributed by atoms with E-state index in [-0.39, 0.29) is 23.1 Å². The van der Waals surface area contributed by atoms with Crippen LogP contribution >= 0.6 is 0 Å². The Labute approximate surface area is 211 Å². The van der Waals surface area contributed by atoms with Gasteiger partial charge in [-0.3, -0.25) is 14.4 Å². The summed E-state index contributed by atoms with van der Waals surface area (Å²) < 4.78 is 0. The largest absolute Gasteiger partial charge is 0.356 e. The number of nitrogens with one attached hydrogen (secondary N) is 2. The second kappa shape index (κ2) is 12.0. The smallest absolute Gasteiger partial charge is 0.246 e. The van der Waals surface area contributed by atoms with Crippen LogP contribution in [0.1, 0.15) is 71.8 Å². The Morgan fingerprint density at radius 1 is 1.11 bits per heavy atom. The van der Waals surface area contributed by atoms with Gasteiger partial charge in [-0.1, -0.05) is 58.0 Å². The highest BCUT2D eigenvalue weighted by Crippen LogP contribution is 2.34. The zero-order valence-electron chi connectivity index (χ0n) is 22.1. The summed E-state index contributed by atoms with van der Waals surface area (Å²) in [5.41, 5.74) is 0.503. The summed E-state index contributed by atoms with van der Waals surface area (Å²) in [4.78, 5) is 43.3. The van der Waals surface area contributed by atoms with Gasteiger partial charge in [-0.05, 0) is 49.5 Å². The first kappa shape index (κ1) is 27.2. The van der Waals surface area contributed by atoms with Crippen LogP contribution in [-0.2, 0) is 20.8 Å². The first-order valence-corrected chi connectivity index (χ1v) is 13.3. The van der Waals surface area contributed by atoms with Crippen LogP contribution in [0.15, 0.2) is 30.3 Å². The predicted molar refractivity (Wildman–Crippen MR) is 139 cm³/mol. The van der Waals surface area contributed by atoms with E-state index in [2.05, 4.69) is 43.2 Å². The Kier molecular flexibility index (Phi) is 9.34. The second-order valence-corrected chi connectivity index (χ2v) is 11.4. The molecule has 0 aromatic heterocycles. The van der Waals surface area contributed by atoms with Crippen molar-refractivity contribution in [3.05, 3.63) is 35.9 Å². The topological polar surface area (TPSA) is 81.8 Å². The lowest BCUT2D eigenvalue weighted by Crippen LogP contribution is -2.73. The zero-order valence-corrected chi connectivity index (χ0v) is 22.1. The van der Waals surface area contributed by atoms with Gasteiger partial charge in [0, 0.05) is 32.7 Å². The number of piperidine rings is 1. The predicted octanol–water partition coefficient (Wildman–Crippen LogP) is 3.13. The number of amides is 3. The average Bonchev–Trinajstić information content (AvgIpc) is 2.80. The molecule has 0 unspecified atom stereocenters. The number of unbranched alkanes of at least 4 members (excludes halogenated alkanes) is 1. The fourth-order valence-corrected chi connectivity index (χ4v) is 5.41. The molecule has 2 fully saturated rings. The van der Waals surface area contributed by atoms with E-state index in [1.54, 1.807) is 0 Å². The van der Waals surface area contributed by atoms with Crippen molar-refractivity contribution in [3.63, 3.8) is 0 Å². The Morgan fingerprint density at radius 2 is 1.80 bits per heavy atom. The minimum absolute atomic E-state index is 0.00658. The summed E-state index contributed by atoms with van der Waals surface area (Å²) in [7, 11) is 0. The normalized spacial score (nSPS) is 20.7. The first-order chi connectivity index (χ1) is 16.6. The number of hydrogen-bond donors (Lipinski definition) is 2. The van der Waals surface area contributed by atoms with Gasteiger partial charge < -0.3 is 20.4 Å². The van der Waals surface area contributed by atoms with Crippen LogP contribution in [0.5, 0.6) is 0 Å². The van der Waals surface area contributed by atoms with Crippen molar-refractivity contribution in [2.24, 2.45) is 5.41 Å². The second-order valence-electron chi connectivity index (χ2n) is 11.4. The number of piperazine rings is 1. The molecule has 0 bridgehead atoms. The summed E-state index contributed by atoms with van der Waals surface area (Å²) in [6.07, 6.45) is 4.76. The molecule has 3 rings (SSSR count). The van der Waals surface area contributed by atoms with Gasteiger partial charge >= 0.3 is 0 Å². The van der Waals surface area contributed by atoms with E-state index in [0.29, 0.717) is 38.8 Å². The molecule has 2 aliphatic rings. The van der Waals surface area contributed by atoms with Gasteiger partial charge in [0.1, 0.15) is 11.6 Å². The van der Waals surface area contributed by atoms with Crippen molar-refractivity contribution in [1.29, 1.82) is 0 Å². The quantitative estimate of drug-likeness (QED) is 0.500. The molecule has 0 saturated carbocycles. The molecule has 2 N–H and O–H groups in total. The number of carbonyl (C=O) groups is 3. The van der Waals surface area contributed by atoms with E-state index in [1.807, 2.05) is 35.2 Å². The number of rotatable bonds is 10. The molecule has 3 amide bonds. The number of likely N-dealkylation sites (tertiary alicyclic amines) is 1. The maximum absolute atomic E-state index is 13.4. The van der Waals surface area contributed by atoms with Crippen LogP contribution in [-0.4, -0.2) is 71.8 Å². The maximum Gasteiger partial charge on any atom is 0.246 e. The third kappa shape index (κ3) is 7.29. The number of carbonyl (C=O) groups excluding carboxylic acids is 3. The summed E-state index contributed by atoms with van der Waals surface area (Å²) in [6, 6.07) is 9.22. The number of benzene rings is 1. The van der Waals surface area contributed by atoms with Gasteiger partial charge in [-0.2, -0.15) is 0 Å². The van der Waals surface area contributed by atoms with E-state index in [1.165, 1.54) is 0 Å². The molecule has 35 heavy (non-hydrogen) atoms. The summed E-state index contributed by atoms with van der Waals surface area (Å²) in [5, 5.41) is 6.03. The molecule has 2 heterocycles. The lowest BCUT2D eigenvalue weighted by atomic mass is 9.80. The molecule has 1 aromatic carbocycles. The Morgan fingerprint density at radius 3 is 2.43 bits per heavy atom. The van der Waals surface area contributed by atoms with Crippen LogP contribution < -0.4 is 10.6 Å². The molecular weight excluding hydrogens is 440 g/mol. The fourth-order valence-electron chi connectivity index (χ4n) is 5.41. The van der Waals surface area contributed by atoms with Crippen molar-refractivity contribution in [2.45, 2.75) is 84.2 Å². The lowest BCUT2D eigenvalue weighted by molar-refractivity contribution is -0.161. The van der Waals surface area contributed by atoms with E-state index in [9.17, 15) is 14.4 Å². The lowest BCUT2D eigenvalue weighted by Gasteiger charge is -2.52. The van der Waals surface area contributed by atoms with Crippen LogP contribution in [0.2, 0.25) is 0 Å². The Balaban J connectivity index is 1.48. The van der Waals surface area contributed by atoms with Gasteiger partial charge in [-0.25, -0.2) is 0 Å². The third-order valence-corrected chi connectivity index (χ3v) is 7.09. The molecule has 1 atom stereocenters. The van der Waals surface area contributed by atoms with E-state index in [4.69, 9.17) is 0 Å².